The summed E-state index contributed by atoms with van der Waals surface area (Å²) in [5.74, 6) is 0. The second-order valence-corrected chi connectivity index (χ2v) is 16.1. The molecule has 0 amide bonds. The van der Waals surface area contributed by atoms with Gasteiger partial charge in [-0.25, -0.2) is 0 Å². The molecule has 12 aromatic rings. The molecule has 0 unspecified atom stereocenters. The van der Waals surface area contributed by atoms with Crippen molar-refractivity contribution in [2.24, 2.45) is 0 Å². The highest BCUT2D eigenvalue weighted by Crippen LogP contribution is 2.46. The summed E-state index contributed by atoms with van der Waals surface area (Å²) in [4.78, 5) is 9.58. The van der Waals surface area contributed by atoms with E-state index in [0.717, 1.165) is 44.6 Å². The molecule has 3 nitrogen and oxygen atoms in total. The minimum absolute atomic E-state index is 0.852. The third-order valence-electron chi connectivity index (χ3n) is 12.5. The molecule has 0 aliphatic rings. The lowest BCUT2D eigenvalue weighted by Gasteiger charge is -2.19. The predicted molar refractivity (Wildman–Crippen MR) is 264 cm³/mol. The van der Waals surface area contributed by atoms with Crippen LogP contribution in [-0.2, 0) is 0 Å². The maximum atomic E-state index is 4.93. The van der Waals surface area contributed by atoms with Crippen LogP contribution in [0.15, 0.2) is 237 Å². The van der Waals surface area contributed by atoms with Gasteiger partial charge in [-0.3, -0.25) is 9.97 Å². The lowest BCUT2D eigenvalue weighted by atomic mass is 9.84. The number of pyridine rings is 2. The lowest BCUT2D eigenvalue weighted by molar-refractivity contribution is 1.16. The smallest absolute Gasteiger partial charge is 0.0893 e. The molecule has 3 aromatic heterocycles. The summed E-state index contributed by atoms with van der Waals surface area (Å²) in [6.45, 7) is 0. The summed E-state index contributed by atoms with van der Waals surface area (Å²) in [7, 11) is 0. The molecule has 0 saturated carbocycles. The number of para-hydroxylation sites is 1. The molecule has 0 fully saturated rings. The number of hydrogen-bond donors (Lipinski definition) is 0. The second kappa shape index (κ2) is 15.3. The van der Waals surface area contributed by atoms with Crippen LogP contribution in [-0.4, -0.2) is 14.5 Å². The van der Waals surface area contributed by atoms with Crippen molar-refractivity contribution >= 4 is 43.4 Å². The van der Waals surface area contributed by atoms with E-state index in [1.807, 2.05) is 30.6 Å². The molecule has 0 radical (unpaired) electrons. The predicted octanol–water partition coefficient (Wildman–Crippen LogP) is 15.9. The Bertz CT molecular complexity index is 3620. The summed E-state index contributed by atoms with van der Waals surface area (Å²) in [6.07, 6.45) is 3.82. The van der Waals surface area contributed by atoms with Crippen LogP contribution >= 0.6 is 0 Å². The summed E-state index contributed by atoms with van der Waals surface area (Å²) in [6, 6.07) is 81.1. The molecule has 0 aliphatic heterocycles. The molecule has 3 heteroatoms. The number of fused-ring (bicyclic) bond motifs is 5. The van der Waals surface area contributed by atoms with Gasteiger partial charge in [0.2, 0.25) is 0 Å². The first-order valence-corrected chi connectivity index (χ1v) is 21.5. The first-order chi connectivity index (χ1) is 31.2. The van der Waals surface area contributed by atoms with Crippen molar-refractivity contribution in [1.29, 1.82) is 0 Å². The molecule has 0 bridgehead atoms. The van der Waals surface area contributed by atoms with Crippen LogP contribution in [0.5, 0.6) is 0 Å². The van der Waals surface area contributed by atoms with E-state index in [1.165, 1.54) is 71.4 Å². The van der Waals surface area contributed by atoms with Crippen molar-refractivity contribution in [3.05, 3.63) is 237 Å². The van der Waals surface area contributed by atoms with Gasteiger partial charge >= 0.3 is 0 Å². The van der Waals surface area contributed by atoms with Crippen molar-refractivity contribution < 1.29 is 0 Å². The highest BCUT2D eigenvalue weighted by Gasteiger charge is 2.20. The van der Waals surface area contributed by atoms with Gasteiger partial charge in [-0.05, 0) is 126 Å². The Hall–Kier alpha value is -8.40. The first-order valence-electron chi connectivity index (χ1n) is 21.5. The third-order valence-corrected chi connectivity index (χ3v) is 12.5. The fraction of sp³-hybridized carbons (Fsp3) is 0. The summed E-state index contributed by atoms with van der Waals surface area (Å²) >= 11 is 0. The Kier molecular flexibility index (Phi) is 8.83. The van der Waals surface area contributed by atoms with E-state index in [-0.39, 0.29) is 0 Å². The summed E-state index contributed by atoms with van der Waals surface area (Å²) < 4.78 is 2.32. The van der Waals surface area contributed by atoms with Gasteiger partial charge in [-0.1, -0.05) is 176 Å². The maximum absolute atomic E-state index is 4.93. The molecule has 63 heavy (non-hydrogen) atoms. The van der Waals surface area contributed by atoms with Crippen LogP contribution < -0.4 is 0 Å². The van der Waals surface area contributed by atoms with E-state index in [0.29, 0.717) is 0 Å². The Balaban J connectivity index is 1.09. The topological polar surface area (TPSA) is 30.7 Å². The van der Waals surface area contributed by atoms with E-state index in [2.05, 4.69) is 216 Å². The van der Waals surface area contributed by atoms with Crippen molar-refractivity contribution in [3.8, 4) is 72.7 Å². The fourth-order valence-electron chi connectivity index (χ4n) is 9.51. The largest absolute Gasteiger partial charge is 0.308 e. The van der Waals surface area contributed by atoms with Crippen molar-refractivity contribution in [2.75, 3.05) is 0 Å². The quantitative estimate of drug-likeness (QED) is 0.150. The van der Waals surface area contributed by atoms with Gasteiger partial charge in [0.15, 0.2) is 0 Å². The molecule has 0 N–H and O–H groups in total. The minimum Gasteiger partial charge on any atom is -0.308 e. The zero-order valence-corrected chi connectivity index (χ0v) is 34.4. The van der Waals surface area contributed by atoms with Crippen LogP contribution in [0.1, 0.15) is 0 Å². The first kappa shape index (κ1) is 36.5. The van der Waals surface area contributed by atoms with Crippen LogP contribution in [0.3, 0.4) is 0 Å². The Morgan fingerprint density at radius 1 is 0.270 bits per heavy atom. The van der Waals surface area contributed by atoms with Crippen LogP contribution in [0.25, 0.3) is 116 Å². The molecule has 294 valence electrons. The molecule has 9 aromatic carbocycles. The standard InChI is InChI=1S/C60H39N3/c1-4-14-40(15-5-1)42-23-27-44(28-24-42)59-49-20-10-11-21-50(49)60(45-29-25-43(26-30-45)41-16-6-2-7-17-41)54-37-46(31-33-51(54)59)47-32-34-57-52(36-47)53-38-56(55-22-12-13-35-61-55)62-39-58(53)63(57)48-18-8-3-9-19-48/h1-39H. The maximum Gasteiger partial charge on any atom is 0.0893 e. The van der Waals surface area contributed by atoms with Crippen LogP contribution in [0.4, 0.5) is 0 Å². The number of hydrogen-bond acceptors (Lipinski definition) is 2. The number of aromatic nitrogens is 3. The third kappa shape index (κ3) is 6.38. The molecular formula is C60H39N3. The van der Waals surface area contributed by atoms with Crippen LogP contribution in [0, 0.1) is 0 Å². The van der Waals surface area contributed by atoms with Gasteiger partial charge < -0.3 is 4.57 Å². The zero-order chi connectivity index (χ0) is 41.7. The monoisotopic (exact) mass is 801 g/mol. The highest BCUT2D eigenvalue weighted by molar-refractivity contribution is 6.22. The van der Waals surface area contributed by atoms with Gasteiger partial charge in [0.05, 0.1) is 28.6 Å². The highest BCUT2D eigenvalue weighted by atomic mass is 15.0. The average Bonchev–Trinajstić information content (AvgIpc) is 3.69. The Morgan fingerprint density at radius 3 is 1.33 bits per heavy atom. The Morgan fingerprint density at radius 2 is 0.730 bits per heavy atom. The SMILES string of the molecule is c1ccc(-c2ccc(-c3c4ccccc4c(-c4ccc(-c5ccccc5)cc4)c4cc(-c5ccc6c(c5)c5cc(-c7ccccn7)ncc5n6-c5ccccc5)ccc34)cc2)cc1. The van der Waals surface area contributed by atoms with Crippen molar-refractivity contribution in [3.63, 3.8) is 0 Å². The van der Waals surface area contributed by atoms with Gasteiger partial charge in [0, 0.05) is 22.7 Å². The van der Waals surface area contributed by atoms with Crippen molar-refractivity contribution in [2.45, 2.75) is 0 Å². The van der Waals surface area contributed by atoms with Gasteiger partial charge in [-0.2, -0.15) is 0 Å². The average molecular weight is 802 g/mol. The fourth-order valence-corrected chi connectivity index (χ4v) is 9.51. The molecule has 0 aliphatic carbocycles. The van der Waals surface area contributed by atoms with E-state index < -0.39 is 0 Å². The lowest BCUT2D eigenvalue weighted by Crippen LogP contribution is -1.94. The van der Waals surface area contributed by atoms with E-state index in [4.69, 9.17) is 4.98 Å². The van der Waals surface area contributed by atoms with E-state index in [9.17, 15) is 0 Å². The zero-order valence-electron chi connectivity index (χ0n) is 34.4. The summed E-state index contributed by atoms with van der Waals surface area (Å²) in [5.41, 5.74) is 17.0. The number of rotatable bonds is 7. The van der Waals surface area contributed by atoms with Gasteiger partial charge in [0.25, 0.3) is 0 Å². The van der Waals surface area contributed by atoms with Gasteiger partial charge in [-0.15, -0.1) is 0 Å². The minimum atomic E-state index is 0.852. The number of benzene rings is 9. The molecule has 0 spiro atoms. The molecule has 3 heterocycles. The van der Waals surface area contributed by atoms with E-state index >= 15 is 0 Å². The summed E-state index contributed by atoms with van der Waals surface area (Å²) in [5, 5.41) is 7.21. The molecule has 0 saturated heterocycles. The number of nitrogens with zero attached hydrogens (tertiary/aromatic N) is 3. The van der Waals surface area contributed by atoms with E-state index in [1.54, 1.807) is 0 Å². The Labute approximate surface area is 365 Å². The van der Waals surface area contributed by atoms with Crippen molar-refractivity contribution in [1.82, 2.24) is 14.5 Å². The molecule has 12 rings (SSSR count). The second-order valence-electron chi connectivity index (χ2n) is 16.1. The normalized spacial score (nSPS) is 11.5. The molecule has 0 atom stereocenters. The van der Waals surface area contributed by atoms with Gasteiger partial charge in [0.1, 0.15) is 0 Å². The molecular weight excluding hydrogens is 763 g/mol. The van der Waals surface area contributed by atoms with Crippen LogP contribution in [0.2, 0.25) is 0 Å².